The van der Waals surface area contributed by atoms with Gasteiger partial charge in [0.2, 0.25) is 0 Å². The highest BCUT2D eigenvalue weighted by atomic mass is 16.1. The van der Waals surface area contributed by atoms with Crippen molar-refractivity contribution in [2.45, 2.75) is 59.3 Å². The number of carbonyl (C=O) groups is 1. The zero-order valence-corrected chi connectivity index (χ0v) is 15.1. The van der Waals surface area contributed by atoms with Crippen molar-refractivity contribution < 1.29 is 4.79 Å². The molecule has 5 atom stereocenters. The lowest BCUT2D eigenvalue weighted by molar-refractivity contribution is -0.110. The van der Waals surface area contributed by atoms with Crippen LogP contribution in [0.25, 0.3) is 0 Å². The van der Waals surface area contributed by atoms with Crippen LogP contribution >= 0.6 is 0 Å². The summed E-state index contributed by atoms with van der Waals surface area (Å²) in [6.07, 6.45) is 15.5. The first-order chi connectivity index (χ1) is 10.9. The smallest absolute Gasteiger partial charge is 0.178 e. The SMILES string of the molecule is CCC1(C)C(C=NC)CC[C@H]1[C@@H]1CCC2=CC(=O)C=CC2(C)C1. The van der Waals surface area contributed by atoms with Crippen LogP contribution in [0.5, 0.6) is 0 Å². The Morgan fingerprint density at radius 2 is 2.09 bits per heavy atom. The van der Waals surface area contributed by atoms with Gasteiger partial charge in [-0.2, -0.15) is 0 Å². The number of rotatable bonds is 3. The van der Waals surface area contributed by atoms with Crippen LogP contribution in [0.3, 0.4) is 0 Å². The Bertz CT molecular complexity index is 572. The van der Waals surface area contributed by atoms with Gasteiger partial charge >= 0.3 is 0 Å². The third-order valence-corrected chi connectivity index (χ3v) is 7.28. The summed E-state index contributed by atoms with van der Waals surface area (Å²) < 4.78 is 0. The Balaban J connectivity index is 1.82. The van der Waals surface area contributed by atoms with E-state index in [9.17, 15) is 4.79 Å². The van der Waals surface area contributed by atoms with Gasteiger partial charge < -0.3 is 4.99 Å². The van der Waals surface area contributed by atoms with Gasteiger partial charge in [0.1, 0.15) is 0 Å². The Morgan fingerprint density at radius 3 is 2.78 bits per heavy atom. The predicted molar refractivity (Wildman–Crippen MR) is 96.7 cm³/mol. The van der Waals surface area contributed by atoms with E-state index in [1.165, 1.54) is 37.7 Å². The average molecular weight is 313 g/mol. The monoisotopic (exact) mass is 313 g/mol. The number of carbonyl (C=O) groups excluding carboxylic acids is 1. The van der Waals surface area contributed by atoms with Crippen molar-refractivity contribution in [3.8, 4) is 0 Å². The highest BCUT2D eigenvalue weighted by molar-refractivity contribution is 6.01. The minimum atomic E-state index is 0.114. The van der Waals surface area contributed by atoms with E-state index in [-0.39, 0.29) is 11.2 Å². The molecule has 2 heteroatoms. The standard InChI is InChI=1S/C21H31NO/c1-5-21(3)17(14-22-4)8-9-19(21)15-6-7-16-12-18(23)10-11-20(16,2)13-15/h10-12,14-15,17,19H,5-9,13H2,1-4H3/t15-,17?,19+,20?,21?/m1/s1. The first kappa shape index (κ1) is 16.7. The summed E-state index contributed by atoms with van der Waals surface area (Å²) in [5.74, 6) is 2.38. The summed E-state index contributed by atoms with van der Waals surface area (Å²) in [5, 5.41) is 0. The molecule has 0 heterocycles. The van der Waals surface area contributed by atoms with Gasteiger partial charge in [-0.1, -0.05) is 32.4 Å². The molecule has 0 spiro atoms. The fourth-order valence-electron chi connectivity index (χ4n) is 5.66. The molecule has 23 heavy (non-hydrogen) atoms. The van der Waals surface area contributed by atoms with Crippen molar-refractivity contribution >= 4 is 12.0 Å². The van der Waals surface area contributed by atoms with E-state index in [2.05, 4.69) is 38.1 Å². The van der Waals surface area contributed by atoms with Crippen LogP contribution in [0, 0.1) is 28.6 Å². The van der Waals surface area contributed by atoms with Crippen LogP contribution < -0.4 is 0 Å². The molecule has 0 aromatic rings. The third-order valence-electron chi connectivity index (χ3n) is 7.28. The number of nitrogens with zero attached hydrogens (tertiary/aromatic N) is 1. The summed E-state index contributed by atoms with van der Waals surface area (Å²) in [4.78, 5) is 16.0. The van der Waals surface area contributed by atoms with Crippen LogP contribution in [-0.2, 0) is 4.79 Å². The maximum absolute atomic E-state index is 11.7. The van der Waals surface area contributed by atoms with Gasteiger partial charge in [0.05, 0.1) is 0 Å². The Hall–Kier alpha value is -1.18. The molecule has 3 unspecified atom stereocenters. The molecule has 0 amide bonds. The fourth-order valence-corrected chi connectivity index (χ4v) is 5.66. The number of aliphatic imine (C=N–C) groups is 1. The molecule has 2 fully saturated rings. The highest BCUT2D eigenvalue weighted by Crippen LogP contribution is 2.58. The first-order valence-corrected chi connectivity index (χ1v) is 9.29. The number of allylic oxidation sites excluding steroid dienone is 4. The minimum Gasteiger partial charge on any atom is -0.301 e. The third kappa shape index (κ3) is 2.75. The first-order valence-electron chi connectivity index (χ1n) is 9.29. The van der Waals surface area contributed by atoms with E-state index in [0.717, 1.165) is 18.3 Å². The van der Waals surface area contributed by atoms with Gasteiger partial charge in [-0.15, -0.1) is 0 Å². The molecule has 0 bridgehead atoms. The molecule has 3 rings (SSSR count). The summed E-state index contributed by atoms with van der Waals surface area (Å²) in [7, 11) is 1.91. The normalized spacial score (nSPS) is 43.7. The van der Waals surface area contributed by atoms with Crippen molar-refractivity contribution in [1.29, 1.82) is 0 Å². The lowest BCUT2D eigenvalue weighted by Gasteiger charge is -2.46. The van der Waals surface area contributed by atoms with E-state index in [0.29, 0.717) is 11.3 Å². The van der Waals surface area contributed by atoms with Crippen LogP contribution in [0.15, 0.2) is 28.8 Å². The zero-order chi connectivity index (χ0) is 16.7. The molecule has 0 N–H and O–H groups in total. The number of fused-ring (bicyclic) bond motifs is 1. The van der Waals surface area contributed by atoms with Gasteiger partial charge in [0, 0.05) is 18.7 Å². The zero-order valence-electron chi connectivity index (χ0n) is 15.1. The number of hydrogen-bond acceptors (Lipinski definition) is 2. The molecule has 3 aliphatic rings. The maximum atomic E-state index is 11.7. The molecule has 0 aromatic carbocycles. The van der Waals surface area contributed by atoms with Crippen molar-refractivity contribution in [3.05, 3.63) is 23.8 Å². The van der Waals surface area contributed by atoms with Crippen LogP contribution in [0.1, 0.15) is 59.3 Å². The lowest BCUT2D eigenvalue weighted by atomic mass is 9.58. The van der Waals surface area contributed by atoms with E-state index in [4.69, 9.17) is 0 Å². The quantitative estimate of drug-likeness (QED) is 0.674. The van der Waals surface area contributed by atoms with E-state index < -0.39 is 0 Å². The summed E-state index contributed by atoms with van der Waals surface area (Å²) in [5.41, 5.74) is 1.86. The highest BCUT2D eigenvalue weighted by Gasteiger charge is 2.50. The molecule has 0 aromatic heterocycles. The van der Waals surface area contributed by atoms with E-state index >= 15 is 0 Å². The molecule has 126 valence electrons. The second-order valence-corrected chi connectivity index (χ2v) is 8.38. The van der Waals surface area contributed by atoms with Gasteiger partial charge in [-0.3, -0.25) is 4.79 Å². The molecular weight excluding hydrogens is 282 g/mol. The van der Waals surface area contributed by atoms with Crippen LogP contribution in [0.2, 0.25) is 0 Å². The van der Waals surface area contributed by atoms with Gasteiger partial charge in [-0.25, -0.2) is 0 Å². The van der Waals surface area contributed by atoms with Crippen LogP contribution in [-0.4, -0.2) is 19.0 Å². The van der Waals surface area contributed by atoms with Gasteiger partial charge in [0.25, 0.3) is 0 Å². The topological polar surface area (TPSA) is 29.4 Å². The van der Waals surface area contributed by atoms with Gasteiger partial charge in [-0.05, 0) is 73.8 Å². The minimum absolute atomic E-state index is 0.114. The largest absolute Gasteiger partial charge is 0.301 e. The van der Waals surface area contributed by atoms with E-state index in [1.807, 2.05) is 13.1 Å². The Kier molecular flexibility index (Phi) is 4.37. The van der Waals surface area contributed by atoms with E-state index in [1.54, 1.807) is 6.08 Å². The molecule has 0 radical (unpaired) electrons. The molecule has 0 aliphatic heterocycles. The molecule has 2 saturated carbocycles. The number of ketones is 1. The van der Waals surface area contributed by atoms with Crippen LogP contribution in [0.4, 0.5) is 0 Å². The summed E-state index contributed by atoms with van der Waals surface area (Å²) >= 11 is 0. The van der Waals surface area contributed by atoms with Gasteiger partial charge in [0.15, 0.2) is 5.78 Å². The lowest BCUT2D eigenvalue weighted by Crippen LogP contribution is -2.38. The Morgan fingerprint density at radius 1 is 1.30 bits per heavy atom. The maximum Gasteiger partial charge on any atom is 0.178 e. The second-order valence-electron chi connectivity index (χ2n) is 8.38. The fraction of sp³-hybridized carbons (Fsp3) is 0.714. The van der Waals surface area contributed by atoms with Crippen molar-refractivity contribution in [2.75, 3.05) is 7.05 Å². The summed E-state index contributed by atoms with van der Waals surface area (Å²) in [6.45, 7) is 7.17. The van der Waals surface area contributed by atoms with Crippen molar-refractivity contribution in [1.82, 2.24) is 0 Å². The van der Waals surface area contributed by atoms with Crippen molar-refractivity contribution in [3.63, 3.8) is 0 Å². The summed E-state index contributed by atoms with van der Waals surface area (Å²) in [6, 6.07) is 0. The Labute approximate surface area is 141 Å². The molecular formula is C21H31NO. The molecule has 3 aliphatic carbocycles. The molecule has 2 nitrogen and oxygen atoms in total. The number of hydrogen-bond donors (Lipinski definition) is 0. The molecule has 0 saturated heterocycles. The second kappa shape index (κ2) is 6.03. The van der Waals surface area contributed by atoms with Crippen molar-refractivity contribution in [2.24, 2.45) is 33.6 Å². The predicted octanol–water partition coefficient (Wildman–Crippen LogP) is 5.00. The average Bonchev–Trinajstić information content (AvgIpc) is 2.85.